The molecule has 1 saturated carbocycles. The van der Waals surface area contributed by atoms with E-state index in [1.54, 1.807) is 0 Å². The van der Waals surface area contributed by atoms with Gasteiger partial charge in [0.05, 0.1) is 0 Å². The van der Waals surface area contributed by atoms with Gasteiger partial charge in [0, 0.05) is 0 Å². The first-order valence-corrected chi connectivity index (χ1v) is 5.12. The molecule has 1 aliphatic rings. The molecule has 0 radical (unpaired) electrons. The van der Waals surface area contributed by atoms with Crippen LogP contribution in [-0.2, 0) is 0 Å². The molecule has 0 aromatic carbocycles. The number of halogens is 3. The number of alkyl halides is 3. The number of hydrogen-bond acceptors (Lipinski definition) is 1. The van der Waals surface area contributed by atoms with Crippen LogP contribution in [0.25, 0.3) is 0 Å². The minimum absolute atomic E-state index is 0.135. The van der Waals surface area contributed by atoms with Crippen LogP contribution in [0.2, 0.25) is 0 Å². The van der Waals surface area contributed by atoms with Crippen LogP contribution in [0.3, 0.4) is 0 Å². The molecule has 0 spiro atoms. The van der Waals surface area contributed by atoms with Crippen molar-refractivity contribution in [2.75, 3.05) is 0 Å². The Morgan fingerprint density at radius 2 is 1.85 bits per heavy atom. The second kappa shape index (κ2) is 4.56. The van der Waals surface area contributed by atoms with E-state index >= 15 is 0 Å². The van der Waals surface area contributed by atoms with Crippen LogP contribution in [0.5, 0.6) is 0 Å². The van der Waals surface area contributed by atoms with E-state index in [9.17, 15) is 8.78 Å². The van der Waals surface area contributed by atoms with Gasteiger partial charge in [-0.1, -0.05) is 32.1 Å². The first kappa shape index (κ1) is 11.2. The highest BCUT2D eigenvalue weighted by Crippen LogP contribution is 2.33. The Bertz CT molecular complexity index is 152. The molecule has 1 fully saturated rings. The lowest BCUT2D eigenvalue weighted by atomic mass is 9.85. The molecule has 0 amide bonds. The van der Waals surface area contributed by atoms with Crippen molar-refractivity contribution in [1.29, 1.82) is 0 Å². The van der Waals surface area contributed by atoms with Gasteiger partial charge in [0.25, 0.3) is 0 Å². The fourth-order valence-electron chi connectivity index (χ4n) is 1.87. The first-order chi connectivity index (χ1) is 6.00. The maximum Gasteiger partial charge on any atom is 0.347 e. The minimum Gasteiger partial charge on any atom is -0.385 e. The van der Waals surface area contributed by atoms with Crippen molar-refractivity contribution in [1.82, 2.24) is 0 Å². The summed E-state index contributed by atoms with van der Waals surface area (Å²) in [4.78, 5) is 0. The molecule has 0 aromatic rings. The van der Waals surface area contributed by atoms with Gasteiger partial charge in [0.15, 0.2) is 0 Å². The van der Waals surface area contributed by atoms with Gasteiger partial charge in [-0.2, -0.15) is 8.78 Å². The van der Waals surface area contributed by atoms with Gasteiger partial charge in [0.2, 0.25) is 0 Å². The quantitative estimate of drug-likeness (QED) is 0.713. The van der Waals surface area contributed by atoms with Crippen molar-refractivity contribution in [3.05, 3.63) is 0 Å². The molecule has 13 heavy (non-hydrogen) atoms. The summed E-state index contributed by atoms with van der Waals surface area (Å²) in [5.74, 6) is 0.230. The number of aliphatic hydroxyl groups excluding tert-OH is 1. The SMILES string of the molecule is OC(CC1CCCCC1)C(F)(F)Cl. The molecule has 78 valence electrons. The van der Waals surface area contributed by atoms with Crippen LogP contribution in [-0.4, -0.2) is 16.6 Å². The third-order valence-electron chi connectivity index (χ3n) is 2.66. The zero-order valence-electron chi connectivity index (χ0n) is 7.48. The Balaban J connectivity index is 2.30. The molecule has 0 aromatic heterocycles. The molecular formula is C9H15ClF2O. The molecule has 1 nitrogen and oxygen atoms in total. The van der Waals surface area contributed by atoms with Gasteiger partial charge < -0.3 is 5.11 Å². The zero-order chi connectivity index (χ0) is 9.90. The van der Waals surface area contributed by atoms with E-state index in [-0.39, 0.29) is 12.3 Å². The van der Waals surface area contributed by atoms with Crippen molar-refractivity contribution >= 4 is 11.6 Å². The third kappa shape index (κ3) is 3.77. The molecule has 0 bridgehead atoms. The summed E-state index contributed by atoms with van der Waals surface area (Å²) in [5, 5.41) is 5.60. The molecule has 4 heteroatoms. The summed E-state index contributed by atoms with van der Waals surface area (Å²) in [5.41, 5.74) is 0. The second-order valence-corrected chi connectivity index (χ2v) is 4.30. The maximum atomic E-state index is 12.4. The Labute approximate surface area is 82.1 Å². The van der Waals surface area contributed by atoms with Crippen molar-refractivity contribution in [2.45, 2.75) is 50.0 Å². The Kier molecular flexibility index (Phi) is 3.92. The van der Waals surface area contributed by atoms with Crippen molar-refractivity contribution in [2.24, 2.45) is 5.92 Å². The maximum absolute atomic E-state index is 12.4. The average molecular weight is 213 g/mol. The molecule has 0 aliphatic heterocycles. The highest BCUT2D eigenvalue weighted by atomic mass is 35.5. The summed E-state index contributed by atoms with van der Waals surface area (Å²) < 4.78 is 24.8. The normalized spacial score (nSPS) is 23.1. The van der Waals surface area contributed by atoms with Crippen LogP contribution in [0.1, 0.15) is 38.5 Å². The van der Waals surface area contributed by atoms with Crippen LogP contribution >= 0.6 is 11.6 Å². The molecule has 1 aliphatic carbocycles. The predicted octanol–water partition coefficient (Wildman–Crippen LogP) is 3.15. The van der Waals surface area contributed by atoms with Crippen molar-refractivity contribution in [3.63, 3.8) is 0 Å². The zero-order valence-corrected chi connectivity index (χ0v) is 8.23. The smallest absolute Gasteiger partial charge is 0.347 e. The van der Waals surface area contributed by atoms with Gasteiger partial charge >= 0.3 is 5.38 Å². The third-order valence-corrected chi connectivity index (χ3v) is 2.91. The molecule has 0 heterocycles. The van der Waals surface area contributed by atoms with Crippen molar-refractivity contribution in [3.8, 4) is 0 Å². The van der Waals surface area contributed by atoms with Gasteiger partial charge in [-0.25, -0.2) is 0 Å². The lowest BCUT2D eigenvalue weighted by molar-refractivity contribution is -0.0536. The Morgan fingerprint density at radius 1 is 1.31 bits per heavy atom. The molecule has 1 N–H and O–H groups in total. The topological polar surface area (TPSA) is 20.2 Å². The highest BCUT2D eigenvalue weighted by Gasteiger charge is 2.37. The fraction of sp³-hybridized carbons (Fsp3) is 1.00. The van der Waals surface area contributed by atoms with E-state index in [4.69, 9.17) is 16.7 Å². The summed E-state index contributed by atoms with van der Waals surface area (Å²) in [6.07, 6.45) is 3.71. The van der Waals surface area contributed by atoms with E-state index in [1.165, 1.54) is 6.42 Å². The first-order valence-electron chi connectivity index (χ1n) is 4.75. The summed E-state index contributed by atoms with van der Waals surface area (Å²) in [7, 11) is 0. The molecule has 0 saturated heterocycles. The van der Waals surface area contributed by atoms with Crippen LogP contribution in [0, 0.1) is 5.92 Å². The summed E-state index contributed by atoms with van der Waals surface area (Å²) in [6.45, 7) is 0. The van der Waals surface area contributed by atoms with Crippen LogP contribution in [0.4, 0.5) is 8.78 Å². The Hall–Kier alpha value is 0.110. The van der Waals surface area contributed by atoms with Gasteiger partial charge in [-0.3, -0.25) is 0 Å². The lowest BCUT2D eigenvalue weighted by Crippen LogP contribution is -2.30. The van der Waals surface area contributed by atoms with Crippen LogP contribution < -0.4 is 0 Å². The molecule has 1 atom stereocenters. The van der Waals surface area contributed by atoms with E-state index in [0.29, 0.717) is 0 Å². The monoisotopic (exact) mass is 212 g/mol. The number of rotatable bonds is 3. The average Bonchev–Trinajstić information content (AvgIpc) is 2.04. The second-order valence-electron chi connectivity index (χ2n) is 3.80. The van der Waals surface area contributed by atoms with Gasteiger partial charge in [-0.05, 0) is 23.9 Å². The summed E-state index contributed by atoms with van der Waals surface area (Å²) in [6, 6.07) is 0. The van der Waals surface area contributed by atoms with Crippen molar-refractivity contribution < 1.29 is 13.9 Å². The fourth-order valence-corrected chi connectivity index (χ4v) is 1.96. The van der Waals surface area contributed by atoms with E-state index in [0.717, 1.165) is 25.7 Å². The number of aliphatic hydroxyl groups is 1. The van der Waals surface area contributed by atoms with E-state index in [2.05, 4.69) is 0 Å². The minimum atomic E-state index is -3.46. The number of hydrogen-bond donors (Lipinski definition) is 1. The largest absolute Gasteiger partial charge is 0.385 e. The molecular weight excluding hydrogens is 198 g/mol. The van der Waals surface area contributed by atoms with Gasteiger partial charge in [-0.15, -0.1) is 0 Å². The Morgan fingerprint density at radius 3 is 2.31 bits per heavy atom. The van der Waals surface area contributed by atoms with Crippen LogP contribution in [0.15, 0.2) is 0 Å². The summed E-state index contributed by atoms with van der Waals surface area (Å²) >= 11 is 4.72. The van der Waals surface area contributed by atoms with E-state index in [1.807, 2.05) is 0 Å². The lowest BCUT2D eigenvalue weighted by Gasteiger charge is -2.25. The highest BCUT2D eigenvalue weighted by molar-refractivity contribution is 6.22. The molecule has 1 rings (SSSR count). The van der Waals surface area contributed by atoms with E-state index < -0.39 is 11.5 Å². The standard InChI is InChI=1S/C9H15ClF2O/c10-9(11,12)8(13)6-7-4-2-1-3-5-7/h7-8,13H,1-6H2. The molecule has 1 unspecified atom stereocenters. The van der Waals surface area contributed by atoms with Gasteiger partial charge in [0.1, 0.15) is 6.10 Å². The predicted molar refractivity (Wildman–Crippen MR) is 48.0 cm³/mol.